The van der Waals surface area contributed by atoms with Gasteiger partial charge in [0.05, 0.1) is 0 Å². The minimum absolute atomic E-state index is 0.0371. The maximum absolute atomic E-state index is 12.7. The Labute approximate surface area is 78.6 Å². The normalized spacial score (nSPS) is 10.1. The maximum Gasteiger partial charge on any atom is 0.303 e. The third-order valence-corrected chi connectivity index (χ3v) is 1.72. The van der Waals surface area contributed by atoms with Crippen molar-refractivity contribution < 1.29 is 23.8 Å². The number of hydrogen-bond acceptors (Lipinski definition) is 2. The molecule has 0 atom stereocenters. The summed E-state index contributed by atoms with van der Waals surface area (Å²) in [5, 5.41) is 17.4. The Balaban J connectivity index is 2.90. The Kier molecular flexibility index (Phi) is 3.01. The van der Waals surface area contributed by atoms with Gasteiger partial charge in [-0.15, -0.1) is 0 Å². The average Bonchev–Trinajstić information content (AvgIpc) is 2.08. The summed E-state index contributed by atoms with van der Waals surface area (Å²) in [7, 11) is 0. The van der Waals surface area contributed by atoms with Crippen LogP contribution in [0.25, 0.3) is 0 Å². The Morgan fingerprint density at radius 2 is 2.00 bits per heavy atom. The molecule has 3 nitrogen and oxygen atoms in total. The first-order valence-electron chi connectivity index (χ1n) is 3.89. The highest BCUT2D eigenvalue weighted by molar-refractivity contribution is 5.67. The summed E-state index contributed by atoms with van der Waals surface area (Å²) in [6.45, 7) is 0. The number of carboxylic acid groups (broad SMARTS) is 1. The second kappa shape index (κ2) is 4.04. The van der Waals surface area contributed by atoms with Crippen molar-refractivity contribution in [3.05, 3.63) is 29.3 Å². The predicted molar refractivity (Wildman–Crippen MR) is 44.0 cm³/mol. The van der Waals surface area contributed by atoms with Crippen molar-refractivity contribution in [2.45, 2.75) is 12.8 Å². The quantitative estimate of drug-likeness (QED) is 0.784. The van der Waals surface area contributed by atoms with E-state index in [0.717, 1.165) is 6.07 Å². The number of phenolic OH excluding ortho intramolecular Hbond substituents is 1. The predicted octanol–water partition coefficient (Wildman–Crippen LogP) is 1.69. The molecule has 1 aromatic carbocycles. The smallest absolute Gasteiger partial charge is 0.303 e. The summed E-state index contributed by atoms with van der Waals surface area (Å²) < 4.78 is 25.4. The van der Waals surface area contributed by atoms with Crippen molar-refractivity contribution in [1.29, 1.82) is 0 Å². The molecule has 0 spiro atoms. The topological polar surface area (TPSA) is 57.5 Å². The molecule has 76 valence electrons. The van der Waals surface area contributed by atoms with Gasteiger partial charge in [-0.25, -0.2) is 8.78 Å². The van der Waals surface area contributed by atoms with Gasteiger partial charge in [-0.05, 0) is 12.5 Å². The molecular formula is C9H8F2O3. The number of phenols is 1. The van der Waals surface area contributed by atoms with Crippen LogP contribution in [0, 0.1) is 11.6 Å². The highest BCUT2D eigenvalue weighted by atomic mass is 19.1. The molecule has 0 unspecified atom stereocenters. The Morgan fingerprint density at radius 1 is 1.36 bits per heavy atom. The van der Waals surface area contributed by atoms with E-state index in [-0.39, 0.29) is 18.4 Å². The van der Waals surface area contributed by atoms with E-state index >= 15 is 0 Å². The van der Waals surface area contributed by atoms with E-state index in [2.05, 4.69) is 0 Å². The number of benzene rings is 1. The van der Waals surface area contributed by atoms with Gasteiger partial charge in [0.25, 0.3) is 0 Å². The van der Waals surface area contributed by atoms with Crippen molar-refractivity contribution in [3.63, 3.8) is 0 Å². The number of carbonyl (C=O) groups is 1. The average molecular weight is 202 g/mol. The van der Waals surface area contributed by atoms with Gasteiger partial charge in [-0.3, -0.25) is 4.79 Å². The first-order chi connectivity index (χ1) is 6.50. The fraction of sp³-hybridized carbons (Fsp3) is 0.222. The van der Waals surface area contributed by atoms with E-state index in [1.807, 2.05) is 0 Å². The van der Waals surface area contributed by atoms with Gasteiger partial charge in [-0.2, -0.15) is 0 Å². The summed E-state index contributed by atoms with van der Waals surface area (Å²) in [6.07, 6.45) is -0.383. The molecule has 14 heavy (non-hydrogen) atoms. The summed E-state index contributed by atoms with van der Waals surface area (Å²) in [5.41, 5.74) is -0.0371. The van der Waals surface area contributed by atoms with E-state index in [0.29, 0.717) is 6.07 Å². The third kappa shape index (κ3) is 2.42. The Morgan fingerprint density at radius 3 is 2.57 bits per heavy atom. The lowest BCUT2D eigenvalue weighted by atomic mass is 10.1. The SMILES string of the molecule is O=C(O)CCc1cc(F)cc(F)c1O. The third-order valence-electron chi connectivity index (χ3n) is 1.72. The molecular weight excluding hydrogens is 194 g/mol. The van der Waals surface area contributed by atoms with Gasteiger partial charge in [0, 0.05) is 18.1 Å². The van der Waals surface area contributed by atoms with Crippen molar-refractivity contribution in [3.8, 4) is 5.75 Å². The van der Waals surface area contributed by atoms with Crippen LogP contribution in [0.3, 0.4) is 0 Å². The van der Waals surface area contributed by atoms with Crippen LogP contribution < -0.4 is 0 Å². The Hall–Kier alpha value is -1.65. The highest BCUT2D eigenvalue weighted by Gasteiger charge is 2.10. The number of carboxylic acids is 1. The standard InChI is InChI=1S/C9H8F2O3/c10-6-3-5(1-2-8(12)13)9(14)7(11)4-6/h3-4,14H,1-2H2,(H,12,13). The molecule has 1 rings (SSSR count). The van der Waals surface area contributed by atoms with Crippen LogP contribution in [-0.4, -0.2) is 16.2 Å². The largest absolute Gasteiger partial charge is 0.505 e. The molecule has 0 aliphatic rings. The first kappa shape index (κ1) is 10.4. The molecule has 0 aromatic heterocycles. The van der Waals surface area contributed by atoms with E-state index in [9.17, 15) is 13.6 Å². The molecule has 0 radical (unpaired) electrons. The molecule has 0 bridgehead atoms. The van der Waals surface area contributed by atoms with E-state index in [1.54, 1.807) is 0 Å². The highest BCUT2D eigenvalue weighted by Crippen LogP contribution is 2.23. The van der Waals surface area contributed by atoms with Gasteiger partial charge < -0.3 is 10.2 Å². The number of halogens is 2. The summed E-state index contributed by atoms with van der Waals surface area (Å²) in [5.74, 6) is -3.69. The molecule has 0 aliphatic heterocycles. The molecule has 0 heterocycles. The Bertz CT molecular complexity index is 363. The molecule has 2 N–H and O–H groups in total. The van der Waals surface area contributed by atoms with Crippen molar-refractivity contribution in [1.82, 2.24) is 0 Å². The summed E-state index contributed by atoms with van der Waals surface area (Å²) >= 11 is 0. The van der Waals surface area contributed by atoms with Gasteiger partial charge in [0.1, 0.15) is 5.82 Å². The zero-order chi connectivity index (χ0) is 10.7. The lowest BCUT2D eigenvalue weighted by Gasteiger charge is -2.03. The number of aliphatic carboxylic acids is 1. The minimum Gasteiger partial charge on any atom is -0.505 e. The first-order valence-corrected chi connectivity index (χ1v) is 3.89. The van der Waals surface area contributed by atoms with E-state index in [1.165, 1.54) is 0 Å². The van der Waals surface area contributed by atoms with Gasteiger partial charge in [-0.1, -0.05) is 0 Å². The minimum atomic E-state index is -1.09. The number of aryl methyl sites for hydroxylation is 1. The fourth-order valence-electron chi connectivity index (χ4n) is 1.05. The molecule has 0 saturated carbocycles. The van der Waals surface area contributed by atoms with Crippen molar-refractivity contribution >= 4 is 5.97 Å². The molecule has 5 heteroatoms. The molecule has 1 aromatic rings. The zero-order valence-corrected chi connectivity index (χ0v) is 7.13. The summed E-state index contributed by atoms with van der Waals surface area (Å²) in [6, 6.07) is 1.46. The van der Waals surface area contributed by atoms with Crippen LogP contribution in [0.2, 0.25) is 0 Å². The lowest BCUT2D eigenvalue weighted by Crippen LogP contribution is -1.99. The second-order valence-electron chi connectivity index (χ2n) is 2.79. The molecule has 0 amide bonds. The van der Waals surface area contributed by atoms with Gasteiger partial charge >= 0.3 is 5.97 Å². The number of aromatic hydroxyl groups is 1. The van der Waals surface area contributed by atoms with Crippen molar-refractivity contribution in [2.75, 3.05) is 0 Å². The molecule has 0 fully saturated rings. The maximum atomic E-state index is 12.7. The van der Waals surface area contributed by atoms with Gasteiger partial charge in [0.15, 0.2) is 11.6 Å². The van der Waals surface area contributed by atoms with Crippen molar-refractivity contribution in [2.24, 2.45) is 0 Å². The monoisotopic (exact) mass is 202 g/mol. The van der Waals surface area contributed by atoms with Crippen LogP contribution in [0.15, 0.2) is 12.1 Å². The molecule has 0 saturated heterocycles. The fourth-order valence-corrected chi connectivity index (χ4v) is 1.05. The number of rotatable bonds is 3. The van der Waals surface area contributed by atoms with Gasteiger partial charge in [0.2, 0.25) is 0 Å². The molecule has 0 aliphatic carbocycles. The zero-order valence-electron chi connectivity index (χ0n) is 7.13. The van der Waals surface area contributed by atoms with Crippen LogP contribution in [-0.2, 0) is 11.2 Å². The van der Waals surface area contributed by atoms with E-state index < -0.39 is 23.4 Å². The summed E-state index contributed by atoms with van der Waals surface area (Å²) in [4.78, 5) is 10.2. The van der Waals surface area contributed by atoms with Crippen LogP contribution in [0.5, 0.6) is 5.75 Å². The number of hydrogen-bond donors (Lipinski definition) is 2. The van der Waals surface area contributed by atoms with Crippen LogP contribution in [0.4, 0.5) is 8.78 Å². The van der Waals surface area contributed by atoms with E-state index in [4.69, 9.17) is 10.2 Å². The second-order valence-corrected chi connectivity index (χ2v) is 2.79. The lowest BCUT2D eigenvalue weighted by molar-refractivity contribution is -0.136. The van der Waals surface area contributed by atoms with Crippen LogP contribution in [0.1, 0.15) is 12.0 Å². The van der Waals surface area contributed by atoms with Crippen LogP contribution >= 0.6 is 0 Å².